The van der Waals surface area contributed by atoms with E-state index in [4.69, 9.17) is 14.8 Å². The Bertz CT molecular complexity index is 444. The van der Waals surface area contributed by atoms with Crippen molar-refractivity contribution >= 4 is 15.4 Å². The second kappa shape index (κ2) is 6.99. The summed E-state index contributed by atoms with van der Waals surface area (Å²) in [6.07, 6.45) is 0.979. The number of rotatable bonds is 2. The zero-order valence-corrected chi connectivity index (χ0v) is 10.2. The van der Waals surface area contributed by atoms with Crippen LogP contribution >= 0.6 is 0 Å². The van der Waals surface area contributed by atoms with Crippen LogP contribution in [0.4, 0.5) is 0 Å². The maximum absolute atomic E-state index is 7.53. The minimum Gasteiger partial charge on any atom is -0.457 e. The van der Waals surface area contributed by atoms with E-state index in [1.807, 2.05) is 24.3 Å². The van der Waals surface area contributed by atoms with Crippen molar-refractivity contribution in [2.24, 2.45) is 0 Å². The molecule has 4 nitrogen and oxygen atoms in total. The summed E-state index contributed by atoms with van der Waals surface area (Å²) in [6.45, 7) is 0. The van der Waals surface area contributed by atoms with Crippen LogP contribution in [0.1, 0.15) is 11.1 Å². The Balaban J connectivity index is 0.000000232. The van der Waals surface area contributed by atoms with Gasteiger partial charge in [-0.2, -0.15) is 0 Å². The van der Waals surface area contributed by atoms with Crippen molar-refractivity contribution in [1.82, 2.24) is 0 Å². The Hall–Kier alpha value is -1.75. The van der Waals surface area contributed by atoms with Gasteiger partial charge < -0.3 is 19.4 Å². The van der Waals surface area contributed by atoms with Crippen molar-refractivity contribution in [3.8, 4) is 11.5 Å². The average molecular weight is 254 g/mol. The van der Waals surface area contributed by atoms with Gasteiger partial charge in [0.05, 0.1) is 0 Å². The van der Waals surface area contributed by atoms with Crippen molar-refractivity contribution in [3.05, 3.63) is 59.7 Å². The third-order valence-corrected chi connectivity index (χ3v) is 2.67. The predicted molar refractivity (Wildman–Crippen MR) is 72.8 cm³/mol. The molecule has 1 heterocycles. The first kappa shape index (κ1) is 13.7. The lowest BCUT2D eigenvalue weighted by molar-refractivity contribution is 0.408. The first-order valence-corrected chi connectivity index (χ1v) is 5.76. The molecule has 1 aliphatic heterocycles. The van der Waals surface area contributed by atoms with Gasteiger partial charge in [-0.25, -0.2) is 0 Å². The van der Waals surface area contributed by atoms with Gasteiger partial charge in [-0.3, -0.25) is 0 Å². The fourth-order valence-corrected chi connectivity index (χ4v) is 1.85. The molecule has 0 amide bonds. The summed E-state index contributed by atoms with van der Waals surface area (Å²) in [7, 11) is 0.750. The predicted octanol–water partition coefficient (Wildman–Crippen LogP) is 1.44. The van der Waals surface area contributed by atoms with Crippen molar-refractivity contribution in [3.63, 3.8) is 0 Å². The molecule has 19 heavy (non-hydrogen) atoms. The molecule has 0 atom stereocenters. The second-order valence-electron chi connectivity index (χ2n) is 3.84. The minimum absolute atomic E-state index is 0.375. The Kier molecular flexibility index (Phi) is 5.03. The van der Waals surface area contributed by atoms with Crippen LogP contribution in [0.5, 0.6) is 11.5 Å². The highest BCUT2D eigenvalue weighted by Gasteiger charge is 2.14. The fraction of sp³-hybridized carbons (Fsp3) is 0.0769. The quantitative estimate of drug-likeness (QED) is 0.679. The van der Waals surface area contributed by atoms with Gasteiger partial charge in [-0.05, 0) is 23.3 Å². The molecule has 0 aliphatic carbocycles. The van der Waals surface area contributed by atoms with E-state index >= 15 is 0 Å². The first-order valence-electron chi connectivity index (χ1n) is 5.76. The molecule has 0 fully saturated rings. The molecule has 2 N–H and O–H groups in total. The van der Waals surface area contributed by atoms with Gasteiger partial charge in [0, 0.05) is 6.42 Å². The van der Waals surface area contributed by atoms with Gasteiger partial charge in [0.2, 0.25) is 0 Å². The van der Waals surface area contributed by atoms with Crippen LogP contribution in [-0.4, -0.2) is 25.4 Å². The summed E-state index contributed by atoms with van der Waals surface area (Å²) in [5.74, 6) is 1.98. The van der Waals surface area contributed by atoms with Gasteiger partial charge >= 0.3 is 15.4 Å². The Morgan fingerprint density at radius 2 is 1.32 bits per heavy atom. The molecule has 0 bridgehead atoms. The molecule has 6 heteroatoms. The van der Waals surface area contributed by atoms with Crippen molar-refractivity contribution in [1.29, 1.82) is 0 Å². The molecular formula is C13H12B2O4. The number of hydrogen-bond donors (Lipinski definition) is 2. The molecule has 0 saturated heterocycles. The molecule has 1 aliphatic rings. The lowest BCUT2D eigenvalue weighted by Gasteiger charge is -2.19. The zero-order chi connectivity index (χ0) is 13.5. The van der Waals surface area contributed by atoms with E-state index < -0.39 is 0 Å². The number of benzene rings is 2. The highest BCUT2D eigenvalue weighted by Crippen LogP contribution is 2.35. The first-order chi connectivity index (χ1) is 9.35. The smallest absolute Gasteiger partial charge is 0.457 e. The SMILES string of the molecule is O[B]O[B]O.c1ccc2c(c1)Cc1ccccc1O2. The number of fused-ring (bicyclic) bond motifs is 2. The minimum atomic E-state index is 0.375. The number of hydrogen-bond acceptors (Lipinski definition) is 4. The third-order valence-electron chi connectivity index (χ3n) is 2.67. The summed E-state index contributed by atoms with van der Waals surface area (Å²) in [5, 5.41) is 15.1. The van der Waals surface area contributed by atoms with Gasteiger partial charge in [0.25, 0.3) is 0 Å². The maximum atomic E-state index is 7.53. The summed E-state index contributed by atoms with van der Waals surface area (Å²) < 4.78 is 9.47. The van der Waals surface area contributed by atoms with Gasteiger partial charge in [0.1, 0.15) is 11.5 Å². The van der Waals surface area contributed by atoms with Crippen LogP contribution in [0.2, 0.25) is 0 Å². The Morgan fingerprint density at radius 1 is 0.842 bits per heavy atom. The summed E-state index contributed by atoms with van der Waals surface area (Å²) >= 11 is 0. The molecule has 0 unspecified atom stereocenters. The van der Waals surface area contributed by atoms with Gasteiger partial charge in [-0.1, -0.05) is 36.4 Å². The molecule has 2 radical (unpaired) electrons. The van der Waals surface area contributed by atoms with E-state index in [1.54, 1.807) is 0 Å². The maximum Gasteiger partial charge on any atom is 0.469 e. The molecule has 0 aromatic heterocycles. The van der Waals surface area contributed by atoms with E-state index in [0.29, 0.717) is 15.4 Å². The largest absolute Gasteiger partial charge is 0.469 e. The topological polar surface area (TPSA) is 58.9 Å². The highest BCUT2D eigenvalue weighted by atomic mass is 16.5. The molecule has 0 saturated carbocycles. The molecule has 94 valence electrons. The fourth-order valence-electron chi connectivity index (χ4n) is 1.85. The second-order valence-corrected chi connectivity index (χ2v) is 3.84. The monoisotopic (exact) mass is 254 g/mol. The Labute approximate surface area is 113 Å². The van der Waals surface area contributed by atoms with Crippen LogP contribution in [0.3, 0.4) is 0 Å². The van der Waals surface area contributed by atoms with E-state index in [1.165, 1.54) is 11.1 Å². The van der Waals surface area contributed by atoms with Crippen LogP contribution in [0.15, 0.2) is 48.5 Å². The Morgan fingerprint density at radius 3 is 1.74 bits per heavy atom. The van der Waals surface area contributed by atoms with Crippen LogP contribution in [0.25, 0.3) is 0 Å². The molecule has 2 aromatic rings. The summed E-state index contributed by atoms with van der Waals surface area (Å²) in [5.41, 5.74) is 2.54. The van der Waals surface area contributed by atoms with Crippen molar-refractivity contribution < 1.29 is 19.4 Å². The van der Waals surface area contributed by atoms with E-state index in [9.17, 15) is 0 Å². The van der Waals surface area contributed by atoms with Crippen LogP contribution in [0, 0.1) is 0 Å². The summed E-state index contributed by atoms with van der Waals surface area (Å²) in [6, 6.07) is 16.4. The van der Waals surface area contributed by atoms with Crippen LogP contribution < -0.4 is 4.74 Å². The lowest BCUT2D eigenvalue weighted by atomic mass is 10.0. The van der Waals surface area contributed by atoms with Crippen molar-refractivity contribution in [2.45, 2.75) is 6.42 Å². The van der Waals surface area contributed by atoms with E-state index in [2.05, 4.69) is 28.8 Å². The normalized spacial score (nSPS) is 11.1. The molecular weight excluding hydrogens is 242 g/mol. The van der Waals surface area contributed by atoms with E-state index in [-0.39, 0.29) is 0 Å². The van der Waals surface area contributed by atoms with Gasteiger partial charge in [-0.15, -0.1) is 0 Å². The molecule has 2 aromatic carbocycles. The highest BCUT2D eigenvalue weighted by molar-refractivity contribution is 6.32. The van der Waals surface area contributed by atoms with Crippen molar-refractivity contribution in [2.75, 3.05) is 0 Å². The molecule has 3 rings (SSSR count). The standard InChI is InChI=1S/C13H10O.B2H2O3/c1-3-7-12-10(5-1)9-11-6-2-4-8-13(11)14-12;3-1-5-2-4/h1-8H,9H2;3-4H. The van der Waals surface area contributed by atoms with Crippen LogP contribution in [-0.2, 0) is 11.0 Å². The average Bonchev–Trinajstić information content (AvgIpc) is 2.46. The number of para-hydroxylation sites is 2. The van der Waals surface area contributed by atoms with E-state index in [0.717, 1.165) is 17.9 Å². The third kappa shape index (κ3) is 3.61. The number of ether oxygens (including phenoxy) is 1. The zero-order valence-electron chi connectivity index (χ0n) is 10.2. The lowest BCUT2D eigenvalue weighted by Crippen LogP contribution is -2.01. The van der Waals surface area contributed by atoms with Gasteiger partial charge in [0.15, 0.2) is 0 Å². The summed E-state index contributed by atoms with van der Waals surface area (Å²) in [4.78, 5) is 0. The molecule has 0 spiro atoms.